The SMILES string of the molecule is CC[C@@H](Br)C(=O)N(Cc1ccccc1)c1ccccc1. The molecule has 0 unspecified atom stereocenters. The van der Waals surface area contributed by atoms with Crippen molar-refractivity contribution < 1.29 is 4.79 Å². The minimum absolute atomic E-state index is 0.0996. The zero-order chi connectivity index (χ0) is 14.4. The van der Waals surface area contributed by atoms with E-state index in [1.807, 2.05) is 72.5 Å². The second kappa shape index (κ2) is 7.25. The number of rotatable bonds is 5. The van der Waals surface area contributed by atoms with Gasteiger partial charge < -0.3 is 4.90 Å². The summed E-state index contributed by atoms with van der Waals surface area (Å²) in [7, 11) is 0. The molecule has 0 radical (unpaired) electrons. The van der Waals surface area contributed by atoms with E-state index in [9.17, 15) is 4.79 Å². The van der Waals surface area contributed by atoms with Crippen molar-refractivity contribution in [2.45, 2.75) is 24.7 Å². The van der Waals surface area contributed by atoms with Crippen molar-refractivity contribution in [1.29, 1.82) is 0 Å². The molecule has 0 aliphatic heterocycles. The average Bonchev–Trinajstić information content (AvgIpc) is 2.53. The summed E-state index contributed by atoms with van der Waals surface area (Å²) in [5.74, 6) is 0.0996. The first-order valence-corrected chi connectivity index (χ1v) is 7.68. The second-order valence-electron chi connectivity index (χ2n) is 4.62. The van der Waals surface area contributed by atoms with E-state index in [0.717, 1.165) is 17.7 Å². The molecule has 2 rings (SSSR count). The van der Waals surface area contributed by atoms with Crippen LogP contribution in [0.5, 0.6) is 0 Å². The Kier molecular flexibility index (Phi) is 5.36. The highest BCUT2D eigenvalue weighted by atomic mass is 79.9. The summed E-state index contributed by atoms with van der Waals surface area (Å²) in [5.41, 5.74) is 2.06. The van der Waals surface area contributed by atoms with Crippen molar-refractivity contribution in [3.05, 3.63) is 66.2 Å². The molecule has 0 spiro atoms. The van der Waals surface area contributed by atoms with Crippen LogP contribution in [0.15, 0.2) is 60.7 Å². The lowest BCUT2D eigenvalue weighted by Crippen LogP contribution is -2.36. The Labute approximate surface area is 128 Å². The molecular weight excluding hydrogens is 314 g/mol. The number of hydrogen-bond donors (Lipinski definition) is 0. The van der Waals surface area contributed by atoms with Crippen molar-refractivity contribution in [3.63, 3.8) is 0 Å². The van der Waals surface area contributed by atoms with Crippen LogP contribution in [0.2, 0.25) is 0 Å². The van der Waals surface area contributed by atoms with Crippen LogP contribution in [-0.2, 0) is 11.3 Å². The Morgan fingerprint density at radius 3 is 2.15 bits per heavy atom. The van der Waals surface area contributed by atoms with Crippen molar-refractivity contribution in [1.82, 2.24) is 0 Å². The van der Waals surface area contributed by atoms with Gasteiger partial charge in [-0.05, 0) is 24.1 Å². The maximum absolute atomic E-state index is 12.6. The molecular formula is C17H18BrNO. The van der Waals surface area contributed by atoms with Crippen LogP contribution in [0.4, 0.5) is 5.69 Å². The van der Waals surface area contributed by atoms with Crippen LogP contribution < -0.4 is 4.90 Å². The molecule has 2 nitrogen and oxygen atoms in total. The summed E-state index contributed by atoms with van der Waals surface area (Å²) in [6.07, 6.45) is 0.775. The van der Waals surface area contributed by atoms with Gasteiger partial charge in [-0.15, -0.1) is 0 Å². The molecule has 2 aromatic rings. The molecule has 20 heavy (non-hydrogen) atoms. The van der Waals surface area contributed by atoms with Crippen LogP contribution in [0.25, 0.3) is 0 Å². The zero-order valence-corrected chi connectivity index (χ0v) is 13.1. The molecule has 1 atom stereocenters. The van der Waals surface area contributed by atoms with Crippen LogP contribution in [-0.4, -0.2) is 10.7 Å². The third-order valence-electron chi connectivity index (χ3n) is 3.14. The summed E-state index contributed by atoms with van der Waals surface area (Å²) in [6.45, 7) is 2.59. The van der Waals surface area contributed by atoms with Gasteiger partial charge in [0.1, 0.15) is 0 Å². The quantitative estimate of drug-likeness (QED) is 0.744. The van der Waals surface area contributed by atoms with Gasteiger partial charge in [0.2, 0.25) is 5.91 Å². The molecule has 104 valence electrons. The maximum Gasteiger partial charge on any atom is 0.241 e. The molecule has 0 aliphatic carbocycles. The second-order valence-corrected chi connectivity index (χ2v) is 5.73. The molecule has 1 amide bonds. The van der Waals surface area contributed by atoms with Crippen LogP contribution >= 0.6 is 15.9 Å². The lowest BCUT2D eigenvalue weighted by Gasteiger charge is -2.25. The molecule has 0 fully saturated rings. The minimum Gasteiger partial charge on any atom is -0.307 e. The third kappa shape index (κ3) is 3.70. The van der Waals surface area contributed by atoms with Gasteiger partial charge in [-0.1, -0.05) is 71.4 Å². The van der Waals surface area contributed by atoms with E-state index < -0.39 is 0 Å². The smallest absolute Gasteiger partial charge is 0.241 e. The Bertz CT molecular complexity index is 541. The number of carbonyl (C=O) groups excluding carboxylic acids is 1. The topological polar surface area (TPSA) is 20.3 Å². The molecule has 0 N–H and O–H groups in total. The summed E-state index contributed by atoms with van der Waals surface area (Å²) in [6, 6.07) is 19.9. The Morgan fingerprint density at radius 2 is 1.60 bits per heavy atom. The first kappa shape index (κ1) is 14.8. The number of benzene rings is 2. The number of halogens is 1. The Balaban J connectivity index is 2.27. The summed E-state index contributed by atoms with van der Waals surface area (Å²) >= 11 is 3.46. The molecule has 0 saturated carbocycles. The normalized spacial score (nSPS) is 11.9. The number of nitrogens with zero attached hydrogens (tertiary/aromatic N) is 1. The van der Waals surface area contributed by atoms with E-state index in [4.69, 9.17) is 0 Å². The van der Waals surface area contributed by atoms with Crippen molar-refractivity contribution >= 4 is 27.5 Å². The largest absolute Gasteiger partial charge is 0.307 e. The highest BCUT2D eigenvalue weighted by Gasteiger charge is 2.21. The zero-order valence-electron chi connectivity index (χ0n) is 11.5. The number of alkyl halides is 1. The van der Waals surface area contributed by atoms with E-state index in [0.29, 0.717) is 6.54 Å². The molecule has 0 bridgehead atoms. The summed E-state index contributed by atoms with van der Waals surface area (Å²) in [4.78, 5) is 14.2. The molecule has 0 saturated heterocycles. The number of carbonyl (C=O) groups is 1. The number of anilines is 1. The molecule has 2 aromatic carbocycles. The Hall–Kier alpha value is -1.61. The van der Waals surface area contributed by atoms with Crippen molar-refractivity contribution in [3.8, 4) is 0 Å². The summed E-state index contributed by atoms with van der Waals surface area (Å²) < 4.78 is 0. The van der Waals surface area contributed by atoms with Gasteiger partial charge in [0.15, 0.2) is 0 Å². The van der Waals surface area contributed by atoms with Gasteiger partial charge in [-0.2, -0.15) is 0 Å². The van der Waals surface area contributed by atoms with E-state index >= 15 is 0 Å². The predicted octanol–water partition coefficient (Wildman–Crippen LogP) is 4.39. The average molecular weight is 332 g/mol. The highest BCUT2D eigenvalue weighted by Crippen LogP contribution is 2.21. The predicted molar refractivity (Wildman–Crippen MR) is 87.1 cm³/mol. The Morgan fingerprint density at radius 1 is 1.05 bits per heavy atom. The van der Waals surface area contributed by atoms with E-state index in [1.54, 1.807) is 0 Å². The highest BCUT2D eigenvalue weighted by molar-refractivity contribution is 9.10. The monoisotopic (exact) mass is 331 g/mol. The van der Waals surface area contributed by atoms with E-state index in [-0.39, 0.29) is 10.7 Å². The fourth-order valence-corrected chi connectivity index (χ4v) is 2.26. The number of para-hydroxylation sites is 1. The fourth-order valence-electron chi connectivity index (χ4n) is 2.01. The lowest BCUT2D eigenvalue weighted by molar-refractivity contribution is -0.118. The van der Waals surface area contributed by atoms with E-state index in [1.165, 1.54) is 0 Å². The van der Waals surface area contributed by atoms with Crippen molar-refractivity contribution in [2.24, 2.45) is 0 Å². The van der Waals surface area contributed by atoms with Crippen molar-refractivity contribution in [2.75, 3.05) is 4.90 Å². The van der Waals surface area contributed by atoms with Gasteiger partial charge in [0, 0.05) is 5.69 Å². The van der Waals surface area contributed by atoms with E-state index in [2.05, 4.69) is 15.9 Å². The van der Waals surface area contributed by atoms with Gasteiger partial charge >= 0.3 is 0 Å². The lowest BCUT2D eigenvalue weighted by atomic mass is 10.1. The fraction of sp³-hybridized carbons (Fsp3) is 0.235. The third-order valence-corrected chi connectivity index (χ3v) is 4.18. The molecule has 3 heteroatoms. The molecule has 0 heterocycles. The molecule has 0 aromatic heterocycles. The number of amides is 1. The molecule has 0 aliphatic rings. The van der Waals surface area contributed by atoms with Crippen LogP contribution in [0.1, 0.15) is 18.9 Å². The standard InChI is InChI=1S/C17H18BrNO/c1-2-16(18)17(20)19(15-11-7-4-8-12-15)13-14-9-5-3-6-10-14/h3-12,16H,2,13H2,1H3/t16-/m1/s1. The van der Waals surface area contributed by atoms with Gasteiger partial charge in [-0.3, -0.25) is 4.79 Å². The maximum atomic E-state index is 12.6. The first-order valence-electron chi connectivity index (χ1n) is 6.76. The van der Waals surface area contributed by atoms with Gasteiger partial charge in [0.25, 0.3) is 0 Å². The van der Waals surface area contributed by atoms with Crippen LogP contribution in [0, 0.1) is 0 Å². The minimum atomic E-state index is -0.147. The van der Waals surface area contributed by atoms with Gasteiger partial charge in [0.05, 0.1) is 11.4 Å². The first-order chi connectivity index (χ1) is 9.72. The van der Waals surface area contributed by atoms with Gasteiger partial charge in [-0.25, -0.2) is 0 Å². The number of hydrogen-bond acceptors (Lipinski definition) is 1. The summed E-state index contributed by atoms with van der Waals surface area (Å²) in [5, 5.41) is 0. The van der Waals surface area contributed by atoms with Crippen LogP contribution in [0.3, 0.4) is 0 Å².